The topological polar surface area (TPSA) is 99.3 Å². The van der Waals surface area contributed by atoms with Crippen molar-refractivity contribution in [1.82, 2.24) is 20.0 Å². The van der Waals surface area contributed by atoms with E-state index in [1.54, 1.807) is 23.8 Å². The van der Waals surface area contributed by atoms with Gasteiger partial charge in [0.05, 0.1) is 12.1 Å². The van der Waals surface area contributed by atoms with Gasteiger partial charge in [-0.1, -0.05) is 40.2 Å². The summed E-state index contributed by atoms with van der Waals surface area (Å²) >= 11 is 0. The molecule has 0 radical (unpaired) electrons. The third kappa shape index (κ3) is 9.29. The normalized spacial score (nSPS) is 22.2. The molecular weight excluding hydrogens is 520 g/mol. The van der Waals surface area contributed by atoms with Gasteiger partial charge in [-0.25, -0.2) is 4.79 Å². The summed E-state index contributed by atoms with van der Waals surface area (Å²) in [6, 6.07) is -1.63. The fourth-order valence-electron chi connectivity index (χ4n) is 5.91. The first-order valence-electron chi connectivity index (χ1n) is 15.5. The van der Waals surface area contributed by atoms with E-state index < -0.39 is 17.7 Å². The van der Waals surface area contributed by atoms with Crippen LogP contribution in [-0.4, -0.2) is 94.3 Å². The zero-order valence-corrected chi connectivity index (χ0v) is 27.5. The van der Waals surface area contributed by atoms with Gasteiger partial charge in [-0.05, 0) is 85.6 Å². The van der Waals surface area contributed by atoms with Gasteiger partial charge in [-0.2, -0.15) is 0 Å². The van der Waals surface area contributed by atoms with Crippen molar-refractivity contribution in [1.29, 1.82) is 0 Å². The summed E-state index contributed by atoms with van der Waals surface area (Å²) in [5.41, 5.74) is -0.143. The van der Waals surface area contributed by atoms with Gasteiger partial charge in [0, 0.05) is 25.2 Å². The molecule has 2 aliphatic rings. The molecule has 0 saturated carbocycles. The van der Waals surface area contributed by atoms with Crippen LogP contribution in [0.15, 0.2) is 11.6 Å². The van der Waals surface area contributed by atoms with Gasteiger partial charge >= 0.3 is 5.97 Å². The number of likely N-dealkylation sites (N-methyl/N-ethyl adjacent to an activating group) is 1. The van der Waals surface area contributed by atoms with Gasteiger partial charge in [-0.15, -0.1) is 0 Å². The van der Waals surface area contributed by atoms with Gasteiger partial charge in [0.25, 0.3) is 0 Å². The minimum atomic E-state index is -0.677. The van der Waals surface area contributed by atoms with Crippen molar-refractivity contribution in [3.8, 4) is 0 Å². The van der Waals surface area contributed by atoms with Crippen LogP contribution in [0.25, 0.3) is 0 Å². The largest absolute Gasteiger partial charge is 0.458 e. The van der Waals surface area contributed by atoms with E-state index >= 15 is 0 Å². The number of ether oxygens (including phenoxy) is 1. The molecule has 2 aliphatic heterocycles. The number of esters is 1. The summed E-state index contributed by atoms with van der Waals surface area (Å²) in [6.45, 7) is 20.7. The number of nitrogens with zero attached hydrogens (tertiary/aromatic N) is 3. The first kappa shape index (κ1) is 34.8. The van der Waals surface area contributed by atoms with Crippen molar-refractivity contribution in [3.05, 3.63) is 11.6 Å². The minimum absolute atomic E-state index is 0.0187. The molecule has 0 aromatic carbocycles. The Labute approximate surface area is 248 Å². The van der Waals surface area contributed by atoms with Crippen LogP contribution in [0, 0.1) is 11.8 Å². The van der Waals surface area contributed by atoms with Gasteiger partial charge in [-0.3, -0.25) is 19.3 Å². The van der Waals surface area contributed by atoms with Gasteiger partial charge in [0.15, 0.2) is 0 Å². The van der Waals surface area contributed by atoms with Gasteiger partial charge in [0.2, 0.25) is 17.7 Å². The first-order chi connectivity index (χ1) is 19.0. The van der Waals surface area contributed by atoms with E-state index in [0.717, 1.165) is 32.2 Å². The summed E-state index contributed by atoms with van der Waals surface area (Å²) in [5, 5.41) is 3.08. The second-order valence-corrected chi connectivity index (χ2v) is 13.8. The number of hydrogen-bond acceptors (Lipinski definition) is 6. The average molecular weight is 577 g/mol. The van der Waals surface area contributed by atoms with E-state index in [4.69, 9.17) is 4.74 Å². The molecular formula is C32H56N4O5. The highest BCUT2D eigenvalue weighted by Crippen LogP contribution is 2.25. The molecule has 1 unspecified atom stereocenters. The molecule has 9 nitrogen and oxygen atoms in total. The second kappa shape index (κ2) is 14.7. The SMILES string of the molecule is C/C(=C\[C@H](C(C)C)N(C)C(=O)[C@@H](NC(=O)C1CCCCN1C(C)C)C(C)C)C(=O)N1CCC[C@H]1C(=O)OC(C)(C)C. The number of carbonyl (C=O) groups is 4. The maximum absolute atomic E-state index is 13.9. The maximum Gasteiger partial charge on any atom is 0.329 e. The van der Waals surface area contributed by atoms with Gasteiger partial charge < -0.3 is 19.9 Å². The summed E-state index contributed by atoms with van der Waals surface area (Å²) in [5.74, 6) is -0.959. The molecule has 3 amide bonds. The average Bonchev–Trinajstić information content (AvgIpc) is 3.37. The van der Waals surface area contributed by atoms with E-state index in [-0.39, 0.29) is 53.7 Å². The van der Waals surface area contributed by atoms with Crippen LogP contribution in [0.2, 0.25) is 0 Å². The lowest BCUT2D eigenvalue weighted by atomic mass is 9.95. The summed E-state index contributed by atoms with van der Waals surface area (Å²) in [6.07, 6.45) is 6.01. The summed E-state index contributed by atoms with van der Waals surface area (Å²) in [4.78, 5) is 59.1. The van der Waals surface area contributed by atoms with Crippen molar-refractivity contribution >= 4 is 23.7 Å². The van der Waals surface area contributed by atoms with E-state index in [1.807, 2.05) is 54.5 Å². The van der Waals surface area contributed by atoms with Crippen molar-refractivity contribution in [3.63, 3.8) is 0 Å². The fourth-order valence-corrected chi connectivity index (χ4v) is 5.91. The Morgan fingerprint density at radius 2 is 1.51 bits per heavy atom. The number of nitrogens with one attached hydrogen (secondary N) is 1. The predicted molar refractivity (Wildman–Crippen MR) is 162 cm³/mol. The smallest absolute Gasteiger partial charge is 0.329 e. The summed E-state index contributed by atoms with van der Waals surface area (Å²) < 4.78 is 5.57. The molecule has 234 valence electrons. The third-order valence-electron chi connectivity index (χ3n) is 8.17. The van der Waals surface area contributed by atoms with Crippen LogP contribution in [0.5, 0.6) is 0 Å². The Kier molecular flexibility index (Phi) is 12.4. The summed E-state index contributed by atoms with van der Waals surface area (Å²) in [7, 11) is 1.74. The molecule has 2 fully saturated rings. The second-order valence-electron chi connectivity index (χ2n) is 13.8. The Balaban J connectivity index is 2.22. The zero-order valence-electron chi connectivity index (χ0n) is 27.5. The lowest BCUT2D eigenvalue weighted by Gasteiger charge is -2.39. The van der Waals surface area contributed by atoms with Crippen LogP contribution in [0.3, 0.4) is 0 Å². The van der Waals surface area contributed by atoms with Gasteiger partial charge in [0.1, 0.15) is 17.7 Å². The monoisotopic (exact) mass is 576 g/mol. The number of carbonyl (C=O) groups excluding carboxylic acids is 4. The molecule has 0 spiro atoms. The molecule has 9 heteroatoms. The Hall–Kier alpha value is -2.42. The van der Waals surface area contributed by atoms with E-state index in [0.29, 0.717) is 18.5 Å². The Bertz CT molecular complexity index is 968. The number of rotatable bonds is 10. The third-order valence-corrected chi connectivity index (χ3v) is 8.17. The molecule has 2 saturated heterocycles. The first-order valence-corrected chi connectivity index (χ1v) is 15.5. The molecule has 0 aromatic heterocycles. The molecule has 0 aliphatic carbocycles. The lowest BCUT2D eigenvalue weighted by molar-refractivity contribution is -0.162. The number of hydrogen-bond donors (Lipinski definition) is 1. The molecule has 4 atom stereocenters. The highest BCUT2D eigenvalue weighted by Gasteiger charge is 2.39. The fraction of sp³-hybridized carbons (Fsp3) is 0.812. The minimum Gasteiger partial charge on any atom is -0.458 e. The Morgan fingerprint density at radius 3 is 2.05 bits per heavy atom. The number of amides is 3. The van der Waals surface area contributed by atoms with Crippen LogP contribution < -0.4 is 5.32 Å². The number of piperidine rings is 1. The number of likely N-dealkylation sites (tertiary alicyclic amines) is 2. The van der Waals surface area contributed by atoms with Crippen LogP contribution in [-0.2, 0) is 23.9 Å². The molecule has 1 N–H and O–H groups in total. The molecule has 41 heavy (non-hydrogen) atoms. The van der Waals surface area contributed by atoms with Crippen molar-refractivity contribution < 1.29 is 23.9 Å². The van der Waals surface area contributed by atoms with E-state index in [9.17, 15) is 19.2 Å². The maximum atomic E-state index is 13.9. The van der Waals surface area contributed by atoms with Crippen molar-refractivity contribution in [2.24, 2.45) is 11.8 Å². The van der Waals surface area contributed by atoms with Crippen molar-refractivity contribution in [2.45, 2.75) is 137 Å². The molecule has 2 rings (SSSR count). The predicted octanol–water partition coefficient (Wildman–Crippen LogP) is 4.15. The quantitative estimate of drug-likeness (QED) is 0.310. The van der Waals surface area contributed by atoms with Crippen molar-refractivity contribution in [2.75, 3.05) is 20.1 Å². The standard InChI is InChI=1S/C32H56N4O5/c1-20(2)26(19-23(7)29(38)36-18-14-16-25(36)31(40)41-32(8,9)10)34(11)30(39)27(21(3)4)33-28(37)24-15-12-13-17-35(24)22(5)6/h19-22,24-27H,12-18H2,1-11H3,(H,33,37)/b23-19+/t24?,25-,26+,27-/m0/s1. The van der Waals surface area contributed by atoms with Crippen LogP contribution in [0.1, 0.15) is 101 Å². The molecule has 0 aromatic rings. The molecule has 2 heterocycles. The van der Waals surface area contributed by atoms with E-state index in [2.05, 4.69) is 24.1 Å². The van der Waals surface area contributed by atoms with Crippen LogP contribution >= 0.6 is 0 Å². The zero-order chi connectivity index (χ0) is 31.2. The molecule has 0 bridgehead atoms. The lowest BCUT2D eigenvalue weighted by Crippen LogP contribution is -2.58. The van der Waals surface area contributed by atoms with Crippen LogP contribution in [0.4, 0.5) is 0 Å². The highest BCUT2D eigenvalue weighted by atomic mass is 16.6. The Morgan fingerprint density at radius 1 is 0.902 bits per heavy atom. The highest BCUT2D eigenvalue weighted by molar-refractivity contribution is 5.96. The van der Waals surface area contributed by atoms with E-state index in [1.165, 1.54) is 0 Å².